The molecule has 0 bridgehead atoms. The van der Waals surface area contributed by atoms with Gasteiger partial charge in [-0.1, -0.05) is 46.9 Å². The normalized spacial score (nSPS) is 11.3. The Morgan fingerprint density at radius 2 is 1.96 bits per heavy atom. The third-order valence-electron chi connectivity index (χ3n) is 3.64. The molecule has 0 fully saturated rings. The zero-order valence-electron chi connectivity index (χ0n) is 13.6. The molecule has 0 aliphatic heterocycles. The SMILES string of the molecule is Cc1ccc(Cl)cc1NC=C(C#N)c1nc(-c2ccc(Cl)c(Cl)c2)cs1. The molecule has 26 heavy (non-hydrogen) atoms. The van der Waals surface area contributed by atoms with Gasteiger partial charge in [0.05, 0.1) is 15.7 Å². The molecule has 3 aromatic rings. The van der Waals surface area contributed by atoms with Gasteiger partial charge in [-0.3, -0.25) is 0 Å². The molecular formula is C19H12Cl3N3S. The molecule has 0 aliphatic rings. The van der Waals surface area contributed by atoms with Crippen molar-refractivity contribution >= 4 is 57.4 Å². The summed E-state index contributed by atoms with van der Waals surface area (Å²) in [4.78, 5) is 4.53. The molecule has 0 saturated heterocycles. The molecule has 3 nitrogen and oxygen atoms in total. The third-order valence-corrected chi connectivity index (χ3v) is 5.49. The van der Waals surface area contributed by atoms with Gasteiger partial charge in [-0.15, -0.1) is 11.3 Å². The summed E-state index contributed by atoms with van der Waals surface area (Å²) < 4.78 is 0. The first-order valence-electron chi connectivity index (χ1n) is 7.52. The van der Waals surface area contributed by atoms with Crippen molar-refractivity contribution in [3.8, 4) is 17.3 Å². The van der Waals surface area contributed by atoms with E-state index in [0.29, 0.717) is 25.6 Å². The van der Waals surface area contributed by atoms with Crippen LogP contribution in [-0.2, 0) is 0 Å². The lowest BCUT2D eigenvalue weighted by Gasteiger charge is -2.06. The summed E-state index contributed by atoms with van der Waals surface area (Å²) >= 11 is 19.4. The zero-order valence-corrected chi connectivity index (χ0v) is 16.6. The molecule has 0 aliphatic carbocycles. The number of nitriles is 1. The van der Waals surface area contributed by atoms with E-state index < -0.39 is 0 Å². The van der Waals surface area contributed by atoms with Crippen molar-refractivity contribution in [1.29, 1.82) is 5.26 Å². The molecule has 0 amide bonds. The van der Waals surface area contributed by atoms with E-state index in [1.165, 1.54) is 11.3 Å². The first-order valence-corrected chi connectivity index (χ1v) is 9.53. The Labute approximate surface area is 170 Å². The average molecular weight is 421 g/mol. The molecular weight excluding hydrogens is 409 g/mol. The minimum Gasteiger partial charge on any atom is -0.360 e. The summed E-state index contributed by atoms with van der Waals surface area (Å²) in [5.41, 5.74) is 3.88. The Hall–Kier alpha value is -2.03. The molecule has 0 atom stereocenters. The average Bonchev–Trinajstić information content (AvgIpc) is 3.10. The summed E-state index contributed by atoms with van der Waals surface area (Å²) in [5.74, 6) is 0. The number of nitrogens with one attached hydrogen (secondary N) is 1. The largest absolute Gasteiger partial charge is 0.360 e. The number of hydrogen-bond donors (Lipinski definition) is 1. The fourth-order valence-corrected chi connectivity index (χ4v) is 3.49. The minimum absolute atomic E-state index is 0.431. The molecule has 0 radical (unpaired) electrons. The maximum Gasteiger partial charge on any atom is 0.136 e. The molecule has 130 valence electrons. The van der Waals surface area contributed by atoms with Crippen molar-refractivity contribution in [2.45, 2.75) is 6.92 Å². The summed E-state index contributed by atoms with van der Waals surface area (Å²) in [6.45, 7) is 1.96. The minimum atomic E-state index is 0.431. The Balaban J connectivity index is 1.87. The van der Waals surface area contributed by atoms with E-state index in [0.717, 1.165) is 22.5 Å². The second-order valence-electron chi connectivity index (χ2n) is 5.44. The third kappa shape index (κ3) is 4.20. The van der Waals surface area contributed by atoms with Crippen molar-refractivity contribution in [2.24, 2.45) is 0 Å². The van der Waals surface area contributed by atoms with Gasteiger partial charge in [0.15, 0.2) is 0 Å². The van der Waals surface area contributed by atoms with Crippen LogP contribution < -0.4 is 5.32 Å². The van der Waals surface area contributed by atoms with Crippen LogP contribution in [0.2, 0.25) is 15.1 Å². The second-order valence-corrected chi connectivity index (χ2v) is 7.55. The molecule has 1 aromatic heterocycles. The number of hydrogen-bond acceptors (Lipinski definition) is 4. The maximum absolute atomic E-state index is 9.49. The number of anilines is 1. The highest BCUT2D eigenvalue weighted by atomic mass is 35.5. The van der Waals surface area contributed by atoms with Gasteiger partial charge < -0.3 is 5.32 Å². The zero-order chi connectivity index (χ0) is 18.7. The smallest absolute Gasteiger partial charge is 0.136 e. The lowest BCUT2D eigenvalue weighted by atomic mass is 10.2. The van der Waals surface area contributed by atoms with Crippen LogP contribution in [-0.4, -0.2) is 4.98 Å². The first-order chi connectivity index (χ1) is 12.5. The lowest BCUT2D eigenvalue weighted by molar-refractivity contribution is 1.36. The fraction of sp³-hybridized carbons (Fsp3) is 0.0526. The molecule has 7 heteroatoms. The van der Waals surface area contributed by atoms with Gasteiger partial charge in [-0.05, 0) is 36.8 Å². The number of aromatic nitrogens is 1. The monoisotopic (exact) mass is 419 g/mol. The molecule has 0 unspecified atom stereocenters. The highest BCUT2D eigenvalue weighted by Crippen LogP contribution is 2.31. The lowest BCUT2D eigenvalue weighted by Crippen LogP contribution is -1.93. The van der Waals surface area contributed by atoms with E-state index in [1.807, 2.05) is 36.6 Å². The topological polar surface area (TPSA) is 48.7 Å². The number of halogens is 3. The van der Waals surface area contributed by atoms with Gasteiger partial charge >= 0.3 is 0 Å². The predicted molar refractivity (Wildman–Crippen MR) is 111 cm³/mol. The summed E-state index contributed by atoms with van der Waals surface area (Å²) in [6.07, 6.45) is 1.64. The van der Waals surface area contributed by atoms with Gasteiger partial charge in [0.1, 0.15) is 16.6 Å². The predicted octanol–water partition coefficient (Wildman–Crippen LogP) is 7.06. The summed E-state index contributed by atoms with van der Waals surface area (Å²) in [7, 11) is 0. The fourth-order valence-electron chi connectivity index (χ4n) is 2.23. The molecule has 0 spiro atoms. The van der Waals surface area contributed by atoms with Crippen LogP contribution >= 0.6 is 46.1 Å². The van der Waals surface area contributed by atoms with E-state index in [9.17, 15) is 5.26 Å². The maximum atomic E-state index is 9.49. The van der Waals surface area contributed by atoms with E-state index in [4.69, 9.17) is 34.8 Å². The number of nitrogens with zero attached hydrogens (tertiary/aromatic N) is 2. The number of rotatable bonds is 4. The van der Waals surface area contributed by atoms with Crippen molar-refractivity contribution in [2.75, 3.05) is 5.32 Å². The number of thiazole rings is 1. The Kier molecular flexibility index (Phi) is 5.85. The standard InChI is InChI=1S/C19H12Cl3N3S/c1-11-2-4-14(20)7-17(11)24-9-13(8-23)19-25-18(10-26-19)12-3-5-15(21)16(22)6-12/h2-7,9-10,24H,1H3. The molecule has 1 N–H and O–H groups in total. The van der Waals surface area contributed by atoms with E-state index >= 15 is 0 Å². The highest BCUT2D eigenvalue weighted by Gasteiger charge is 2.10. The molecule has 2 aromatic carbocycles. The summed E-state index contributed by atoms with van der Waals surface area (Å²) in [5, 5.41) is 16.7. The van der Waals surface area contributed by atoms with Crippen molar-refractivity contribution in [3.05, 3.63) is 73.6 Å². The Morgan fingerprint density at radius 3 is 2.69 bits per heavy atom. The van der Waals surface area contributed by atoms with Crippen LogP contribution in [0.3, 0.4) is 0 Å². The Morgan fingerprint density at radius 1 is 1.15 bits per heavy atom. The van der Waals surface area contributed by atoms with Gasteiger partial charge in [0.2, 0.25) is 0 Å². The van der Waals surface area contributed by atoms with Gasteiger partial charge in [0, 0.05) is 27.9 Å². The molecule has 3 rings (SSSR count). The van der Waals surface area contributed by atoms with Crippen LogP contribution in [0.25, 0.3) is 16.8 Å². The quantitative estimate of drug-likeness (QED) is 0.460. The number of aryl methyl sites for hydroxylation is 1. The van der Waals surface area contributed by atoms with Gasteiger partial charge in [-0.25, -0.2) is 4.98 Å². The molecule has 0 saturated carbocycles. The Bertz CT molecular complexity index is 1030. The van der Waals surface area contributed by atoms with Crippen molar-refractivity contribution in [1.82, 2.24) is 4.98 Å². The first kappa shape index (κ1) is 18.8. The summed E-state index contributed by atoms with van der Waals surface area (Å²) in [6, 6.07) is 13.0. The van der Waals surface area contributed by atoms with E-state index in [1.54, 1.807) is 18.3 Å². The van der Waals surface area contributed by atoms with Gasteiger partial charge in [-0.2, -0.15) is 5.26 Å². The highest BCUT2D eigenvalue weighted by molar-refractivity contribution is 7.11. The van der Waals surface area contributed by atoms with Crippen LogP contribution in [0, 0.1) is 18.3 Å². The van der Waals surface area contributed by atoms with Crippen LogP contribution in [0.5, 0.6) is 0 Å². The number of allylic oxidation sites excluding steroid dienone is 1. The van der Waals surface area contributed by atoms with Crippen LogP contribution in [0.4, 0.5) is 5.69 Å². The molecule has 1 heterocycles. The van der Waals surface area contributed by atoms with Crippen LogP contribution in [0.1, 0.15) is 10.6 Å². The van der Waals surface area contributed by atoms with Gasteiger partial charge in [0.25, 0.3) is 0 Å². The number of benzene rings is 2. The van der Waals surface area contributed by atoms with E-state index in [-0.39, 0.29) is 0 Å². The van der Waals surface area contributed by atoms with Crippen molar-refractivity contribution in [3.63, 3.8) is 0 Å². The van der Waals surface area contributed by atoms with Crippen LogP contribution in [0.15, 0.2) is 48.0 Å². The van der Waals surface area contributed by atoms with E-state index in [2.05, 4.69) is 16.4 Å². The van der Waals surface area contributed by atoms with Crippen molar-refractivity contribution < 1.29 is 0 Å². The second kappa shape index (κ2) is 8.11.